The maximum Gasteiger partial charge on any atom is 0.119 e. The van der Waals surface area contributed by atoms with E-state index in [9.17, 15) is 5.11 Å². The first-order valence-electron chi connectivity index (χ1n) is 8.29. The molecule has 1 aliphatic heterocycles. The Labute approximate surface area is 134 Å². The van der Waals surface area contributed by atoms with Crippen molar-refractivity contribution in [1.82, 2.24) is 10.2 Å². The number of aliphatic hydroxyl groups is 1. The van der Waals surface area contributed by atoms with Gasteiger partial charge in [-0.3, -0.25) is 4.90 Å². The Morgan fingerprint density at radius 2 is 1.91 bits per heavy atom. The predicted molar refractivity (Wildman–Crippen MR) is 90.6 cm³/mol. The highest BCUT2D eigenvalue weighted by Gasteiger charge is 2.15. The van der Waals surface area contributed by atoms with Crippen molar-refractivity contribution >= 4 is 0 Å². The van der Waals surface area contributed by atoms with Crippen molar-refractivity contribution in [3.05, 3.63) is 29.8 Å². The zero-order valence-corrected chi connectivity index (χ0v) is 14.1. The number of nitrogens with zero attached hydrogens (tertiary/aromatic N) is 1. The van der Waals surface area contributed by atoms with Crippen molar-refractivity contribution in [2.75, 3.05) is 39.3 Å². The molecule has 0 saturated carbocycles. The van der Waals surface area contributed by atoms with Crippen LogP contribution in [0.15, 0.2) is 24.3 Å². The van der Waals surface area contributed by atoms with Gasteiger partial charge in [0.05, 0.1) is 0 Å². The van der Waals surface area contributed by atoms with Gasteiger partial charge < -0.3 is 15.2 Å². The van der Waals surface area contributed by atoms with Crippen molar-refractivity contribution in [2.45, 2.75) is 38.7 Å². The van der Waals surface area contributed by atoms with E-state index in [1.54, 1.807) is 0 Å². The van der Waals surface area contributed by atoms with E-state index < -0.39 is 6.10 Å². The SMILES string of the molecule is CC(C)(C)c1ccc(OC[C@@H](O)CN2CCCNCC2)cc1. The normalized spacial score (nSPS) is 18.7. The van der Waals surface area contributed by atoms with Gasteiger partial charge in [-0.15, -0.1) is 0 Å². The van der Waals surface area contributed by atoms with Gasteiger partial charge in [0.15, 0.2) is 0 Å². The minimum absolute atomic E-state index is 0.152. The van der Waals surface area contributed by atoms with Gasteiger partial charge >= 0.3 is 0 Å². The van der Waals surface area contributed by atoms with Gasteiger partial charge in [-0.1, -0.05) is 32.9 Å². The van der Waals surface area contributed by atoms with Crippen LogP contribution in [0, 0.1) is 0 Å². The Hall–Kier alpha value is -1.10. The van der Waals surface area contributed by atoms with Crippen molar-refractivity contribution in [2.24, 2.45) is 0 Å². The Morgan fingerprint density at radius 3 is 2.59 bits per heavy atom. The summed E-state index contributed by atoms with van der Waals surface area (Å²) in [5.74, 6) is 0.824. The maximum atomic E-state index is 10.2. The molecule has 0 spiro atoms. The molecule has 2 rings (SSSR count). The molecule has 1 fully saturated rings. The topological polar surface area (TPSA) is 44.7 Å². The lowest BCUT2D eigenvalue weighted by molar-refractivity contribution is 0.0703. The highest BCUT2D eigenvalue weighted by molar-refractivity contribution is 5.31. The number of aliphatic hydroxyl groups excluding tert-OH is 1. The second-order valence-electron chi connectivity index (χ2n) is 7.14. The van der Waals surface area contributed by atoms with E-state index in [1.807, 2.05) is 12.1 Å². The summed E-state index contributed by atoms with van der Waals surface area (Å²) in [5, 5.41) is 13.5. The summed E-state index contributed by atoms with van der Waals surface area (Å²) in [6.45, 7) is 11.7. The Bertz CT molecular complexity index is 431. The van der Waals surface area contributed by atoms with E-state index in [4.69, 9.17) is 4.74 Å². The number of benzene rings is 1. The van der Waals surface area contributed by atoms with Gasteiger partial charge in [-0.2, -0.15) is 0 Å². The first-order valence-corrected chi connectivity index (χ1v) is 8.29. The van der Waals surface area contributed by atoms with E-state index in [2.05, 4.69) is 43.1 Å². The summed E-state index contributed by atoms with van der Waals surface area (Å²) in [4.78, 5) is 2.30. The minimum Gasteiger partial charge on any atom is -0.491 e. The molecule has 1 aromatic rings. The van der Waals surface area contributed by atoms with E-state index in [-0.39, 0.29) is 5.41 Å². The average molecular weight is 306 g/mol. The molecule has 1 heterocycles. The van der Waals surface area contributed by atoms with Gasteiger partial charge in [0.2, 0.25) is 0 Å². The van der Waals surface area contributed by atoms with Gasteiger partial charge in [0, 0.05) is 19.6 Å². The van der Waals surface area contributed by atoms with Crippen molar-refractivity contribution in [3.8, 4) is 5.75 Å². The van der Waals surface area contributed by atoms with Gasteiger partial charge in [-0.05, 0) is 42.6 Å². The second-order valence-corrected chi connectivity index (χ2v) is 7.14. The Balaban J connectivity index is 1.77. The Kier molecular flexibility index (Phi) is 6.24. The number of rotatable bonds is 5. The quantitative estimate of drug-likeness (QED) is 0.873. The van der Waals surface area contributed by atoms with Crippen LogP contribution < -0.4 is 10.1 Å². The fourth-order valence-electron chi connectivity index (χ4n) is 2.68. The summed E-state index contributed by atoms with van der Waals surface area (Å²) >= 11 is 0. The van der Waals surface area contributed by atoms with E-state index in [0.29, 0.717) is 13.2 Å². The lowest BCUT2D eigenvalue weighted by Gasteiger charge is -2.23. The van der Waals surface area contributed by atoms with Crippen LogP contribution in [-0.4, -0.2) is 55.4 Å². The maximum absolute atomic E-state index is 10.2. The molecule has 0 aromatic heterocycles. The zero-order chi connectivity index (χ0) is 16.0. The third-order valence-electron chi connectivity index (χ3n) is 4.06. The highest BCUT2D eigenvalue weighted by Crippen LogP contribution is 2.24. The molecule has 0 radical (unpaired) electrons. The molecule has 1 aliphatic rings. The first kappa shape index (κ1) is 17.3. The minimum atomic E-state index is -0.444. The average Bonchev–Trinajstić information content (AvgIpc) is 2.73. The fourth-order valence-corrected chi connectivity index (χ4v) is 2.68. The molecule has 4 heteroatoms. The number of β-amino-alcohol motifs (C(OH)–C–C–N with tert-alkyl or cyclic N) is 1. The standard InChI is InChI=1S/C18H30N2O2/c1-18(2,3)15-5-7-17(8-6-15)22-14-16(21)13-20-11-4-9-19-10-12-20/h5-8,16,19,21H,4,9-14H2,1-3H3/t16-/m0/s1. The predicted octanol–water partition coefficient (Wildman–Crippen LogP) is 2.02. The van der Waals surface area contributed by atoms with E-state index in [0.717, 1.165) is 38.3 Å². The molecule has 0 unspecified atom stereocenters. The van der Waals surface area contributed by atoms with Crippen molar-refractivity contribution in [1.29, 1.82) is 0 Å². The third-order valence-corrected chi connectivity index (χ3v) is 4.06. The van der Waals surface area contributed by atoms with Crippen LogP contribution in [0.3, 0.4) is 0 Å². The number of ether oxygens (including phenoxy) is 1. The van der Waals surface area contributed by atoms with Crippen molar-refractivity contribution < 1.29 is 9.84 Å². The number of hydrogen-bond donors (Lipinski definition) is 2. The summed E-state index contributed by atoms with van der Waals surface area (Å²) in [6.07, 6.45) is 0.697. The molecule has 1 atom stereocenters. The zero-order valence-electron chi connectivity index (χ0n) is 14.1. The second kappa shape index (κ2) is 7.95. The molecule has 1 saturated heterocycles. The first-order chi connectivity index (χ1) is 10.4. The van der Waals surface area contributed by atoms with Gasteiger partial charge in [-0.25, -0.2) is 0 Å². The number of hydrogen-bond acceptors (Lipinski definition) is 4. The van der Waals surface area contributed by atoms with Crippen molar-refractivity contribution in [3.63, 3.8) is 0 Å². The van der Waals surface area contributed by atoms with Crippen LogP contribution in [0.25, 0.3) is 0 Å². The van der Waals surface area contributed by atoms with Crippen LogP contribution in [0.1, 0.15) is 32.8 Å². The molecule has 0 amide bonds. The highest BCUT2D eigenvalue weighted by atomic mass is 16.5. The lowest BCUT2D eigenvalue weighted by atomic mass is 9.87. The van der Waals surface area contributed by atoms with E-state index in [1.165, 1.54) is 5.56 Å². The number of nitrogens with one attached hydrogen (secondary N) is 1. The van der Waals surface area contributed by atoms with Crippen LogP contribution in [0.2, 0.25) is 0 Å². The van der Waals surface area contributed by atoms with Gasteiger partial charge in [0.25, 0.3) is 0 Å². The molecule has 4 nitrogen and oxygen atoms in total. The smallest absolute Gasteiger partial charge is 0.119 e. The molecule has 1 aromatic carbocycles. The molecule has 22 heavy (non-hydrogen) atoms. The molecule has 0 aliphatic carbocycles. The van der Waals surface area contributed by atoms with Gasteiger partial charge in [0.1, 0.15) is 18.5 Å². The molecule has 124 valence electrons. The van der Waals surface area contributed by atoms with Crippen LogP contribution in [0.5, 0.6) is 5.75 Å². The van der Waals surface area contributed by atoms with Crippen LogP contribution in [0.4, 0.5) is 0 Å². The summed E-state index contributed by atoms with van der Waals surface area (Å²) < 4.78 is 5.72. The largest absolute Gasteiger partial charge is 0.491 e. The van der Waals surface area contributed by atoms with E-state index >= 15 is 0 Å². The monoisotopic (exact) mass is 306 g/mol. The van der Waals surface area contributed by atoms with Crippen LogP contribution >= 0.6 is 0 Å². The summed E-state index contributed by atoms with van der Waals surface area (Å²) in [5.41, 5.74) is 1.44. The molecule has 0 bridgehead atoms. The van der Waals surface area contributed by atoms with Crippen LogP contribution in [-0.2, 0) is 5.41 Å². The molecular formula is C18H30N2O2. The lowest BCUT2D eigenvalue weighted by Crippen LogP contribution is -2.37. The summed E-state index contributed by atoms with van der Waals surface area (Å²) in [6, 6.07) is 8.18. The molecular weight excluding hydrogens is 276 g/mol. The fraction of sp³-hybridized carbons (Fsp3) is 0.667. The third kappa shape index (κ3) is 5.59. The summed E-state index contributed by atoms with van der Waals surface area (Å²) in [7, 11) is 0. The molecule has 2 N–H and O–H groups in total. The Morgan fingerprint density at radius 1 is 1.18 bits per heavy atom.